The van der Waals surface area contributed by atoms with Crippen LogP contribution < -0.4 is 5.32 Å². The predicted octanol–water partition coefficient (Wildman–Crippen LogP) is 3.37. The summed E-state index contributed by atoms with van der Waals surface area (Å²) in [7, 11) is 0. The lowest BCUT2D eigenvalue weighted by molar-refractivity contribution is -0.387. The SMILES string of the molecule is Cc1csc(Sc2ccc(C(=O)N3CCCNCC3)cc2[N+](=O)[O-])n1.Cl. The van der Waals surface area contributed by atoms with E-state index in [1.165, 1.54) is 29.2 Å². The molecule has 0 saturated carbocycles. The normalized spacial score (nSPS) is 14.4. The number of benzene rings is 1. The molecule has 1 amide bonds. The van der Waals surface area contributed by atoms with Gasteiger partial charge in [-0.3, -0.25) is 14.9 Å². The number of hydrogen-bond donors (Lipinski definition) is 1. The van der Waals surface area contributed by atoms with Crippen LogP contribution in [-0.4, -0.2) is 46.9 Å². The molecule has 0 atom stereocenters. The molecule has 0 unspecified atom stereocenters. The van der Waals surface area contributed by atoms with Gasteiger partial charge in [0, 0.05) is 42.3 Å². The van der Waals surface area contributed by atoms with Crippen molar-refractivity contribution in [1.29, 1.82) is 0 Å². The molecule has 1 aromatic heterocycles. The van der Waals surface area contributed by atoms with Crippen molar-refractivity contribution in [1.82, 2.24) is 15.2 Å². The first-order chi connectivity index (χ1) is 12.0. The molecule has 1 aromatic carbocycles. The molecule has 1 aliphatic heterocycles. The smallest absolute Gasteiger partial charge is 0.284 e. The summed E-state index contributed by atoms with van der Waals surface area (Å²) in [5.74, 6) is -0.159. The first-order valence-electron chi connectivity index (χ1n) is 7.93. The van der Waals surface area contributed by atoms with Crippen LogP contribution in [0, 0.1) is 17.0 Å². The highest BCUT2D eigenvalue weighted by atomic mass is 35.5. The number of nitro groups is 1. The number of aromatic nitrogens is 1. The first-order valence-corrected chi connectivity index (χ1v) is 9.62. The van der Waals surface area contributed by atoms with E-state index in [1.54, 1.807) is 17.0 Å². The maximum absolute atomic E-state index is 12.7. The van der Waals surface area contributed by atoms with E-state index in [0.29, 0.717) is 23.5 Å². The number of rotatable bonds is 4. The van der Waals surface area contributed by atoms with Crippen molar-refractivity contribution in [3.8, 4) is 0 Å². The fourth-order valence-electron chi connectivity index (χ4n) is 2.58. The number of thiazole rings is 1. The topological polar surface area (TPSA) is 88.4 Å². The molecule has 26 heavy (non-hydrogen) atoms. The van der Waals surface area contributed by atoms with Gasteiger partial charge in [-0.2, -0.15) is 0 Å². The lowest BCUT2D eigenvalue weighted by Crippen LogP contribution is -2.34. The van der Waals surface area contributed by atoms with Crippen molar-refractivity contribution in [2.75, 3.05) is 26.2 Å². The lowest BCUT2D eigenvalue weighted by Gasteiger charge is -2.20. The quantitative estimate of drug-likeness (QED) is 0.609. The molecule has 1 fully saturated rings. The van der Waals surface area contributed by atoms with Crippen molar-refractivity contribution < 1.29 is 9.72 Å². The molecule has 1 aliphatic rings. The number of hydrogen-bond acceptors (Lipinski definition) is 7. The summed E-state index contributed by atoms with van der Waals surface area (Å²) in [4.78, 5) is 30.2. The molecule has 3 rings (SSSR count). The largest absolute Gasteiger partial charge is 0.337 e. The molecular weight excluding hydrogens is 396 g/mol. The van der Waals surface area contributed by atoms with Crippen LogP contribution >= 0.6 is 35.5 Å². The highest BCUT2D eigenvalue weighted by molar-refractivity contribution is 8.01. The van der Waals surface area contributed by atoms with E-state index < -0.39 is 4.92 Å². The molecule has 1 saturated heterocycles. The molecule has 10 heteroatoms. The second kappa shape index (κ2) is 9.31. The van der Waals surface area contributed by atoms with Gasteiger partial charge in [0.15, 0.2) is 4.34 Å². The number of aryl methyl sites for hydroxylation is 1. The van der Waals surface area contributed by atoms with Gasteiger partial charge in [-0.05, 0) is 32.0 Å². The van der Waals surface area contributed by atoms with Gasteiger partial charge in [0.05, 0.1) is 9.82 Å². The third kappa shape index (κ3) is 4.94. The van der Waals surface area contributed by atoms with Gasteiger partial charge in [-0.15, -0.1) is 23.7 Å². The summed E-state index contributed by atoms with van der Waals surface area (Å²) in [5, 5.41) is 16.6. The van der Waals surface area contributed by atoms with Crippen LogP contribution in [0.3, 0.4) is 0 Å². The molecule has 0 radical (unpaired) electrons. The Bertz CT molecular complexity index is 792. The van der Waals surface area contributed by atoms with Gasteiger partial charge in [0.1, 0.15) is 0 Å². The molecule has 0 aliphatic carbocycles. The molecular formula is C16H19ClN4O3S2. The van der Waals surface area contributed by atoms with E-state index in [1.807, 2.05) is 12.3 Å². The molecule has 140 valence electrons. The van der Waals surface area contributed by atoms with Crippen molar-refractivity contribution in [2.24, 2.45) is 0 Å². The summed E-state index contributed by atoms with van der Waals surface area (Å²) in [6, 6.07) is 4.68. The zero-order valence-electron chi connectivity index (χ0n) is 14.1. The van der Waals surface area contributed by atoms with Gasteiger partial charge in [-0.1, -0.05) is 11.8 Å². The average molecular weight is 415 g/mol. The standard InChI is InChI=1S/C16H18N4O3S2.ClH/c1-11-10-24-16(18-11)25-14-4-3-12(9-13(14)20(22)23)15(21)19-7-2-5-17-6-8-19;/h3-4,9-10,17H,2,5-8H2,1H3;1H. The van der Waals surface area contributed by atoms with Crippen LogP contribution in [-0.2, 0) is 0 Å². The number of carbonyl (C=O) groups excluding carboxylic acids is 1. The summed E-state index contributed by atoms with van der Waals surface area (Å²) in [6.45, 7) is 4.78. The monoisotopic (exact) mass is 414 g/mol. The van der Waals surface area contributed by atoms with Crippen molar-refractivity contribution >= 4 is 47.1 Å². The average Bonchev–Trinajstić information content (AvgIpc) is 2.85. The lowest BCUT2D eigenvalue weighted by atomic mass is 10.1. The number of carbonyl (C=O) groups is 1. The minimum Gasteiger partial charge on any atom is -0.337 e. The maximum atomic E-state index is 12.7. The second-order valence-electron chi connectivity index (χ2n) is 5.69. The summed E-state index contributed by atoms with van der Waals surface area (Å²) < 4.78 is 0.748. The van der Waals surface area contributed by atoms with Gasteiger partial charge >= 0.3 is 0 Å². The Morgan fingerprint density at radius 2 is 2.19 bits per heavy atom. The van der Waals surface area contributed by atoms with Crippen molar-refractivity contribution in [3.63, 3.8) is 0 Å². The van der Waals surface area contributed by atoms with E-state index >= 15 is 0 Å². The Morgan fingerprint density at radius 3 is 2.88 bits per heavy atom. The van der Waals surface area contributed by atoms with Gasteiger partial charge in [0.2, 0.25) is 0 Å². The minimum atomic E-state index is -0.441. The van der Waals surface area contributed by atoms with Gasteiger partial charge < -0.3 is 10.2 Å². The zero-order valence-corrected chi connectivity index (χ0v) is 16.6. The molecule has 0 bridgehead atoms. The van der Waals surface area contributed by atoms with Crippen molar-refractivity contribution in [2.45, 2.75) is 22.6 Å². The fourth-order valence-corrected chi connectivity index (χ4v) is 4.46. The first kappa shape index (κ1) is 20.6. The van der Waals surface area contributed by atoms with Crippen LogP contribution in [0.25, 0.3) is 0 Å². The molecule has 0 spiro atoms. The Kier molecular flexibility index (Phi) is 7.39. The third-order valence-electron chi connectivity index (χ3n) is 3.83. The van der Waals surface area contributed by atoms with Gasteiger partial charge in [-0.25, -0.2) is 4.98 Å². The Balaban J connectivity index is 0.00000243. The van der Waals surface area contributed by atoms with Crippen LogP contribution in [0.5, 0.6) is 0 Å². The summed E-state index contributed by atoms with van der Waals surface area (Å²) in [5.41, 5.74) is 1.18. The van der Waals surface area contributed by atoms with Gasteiger partial charge in [0.25, 0.3) is 11.6 Å². The second-order valence-corrected chi connectivity index (χ2v) is 7.84. The number of halogens is 1. The number of amides is 1. The Morgan fingerprint density at radius 1 is 1.38 bits per heavy atom. The van der Waals surface area contributed by atoms with E-state index in [9.17, 15) is 14.9 Å². The fraction of sp³-hybridized carbons (Fsp3) is 0.375. The Hall–Kier alpha value is -1.68. The van der Waals surface area contributed by atoms with Crippen molar-refractivity contribution in [3.05, 3.63) is 45.0 Å². The predicted molar refractivity (Wildman–Crippen MR) is 105 cm³/mol. The van der Waals surface area contributed by atoms with Crippen LogP contribution in [0.1, 0.15) is 22.5 Å². The van der Waals surface area contributed by atoms with Crippen LogP contribution in [0.2, 0.25) is 0 Å². The molecule has 1 N–H and O–H groups in total. The van der Waals surface area contributed by atoms with E-state index in [2.05, 4.69) is 10.3 Å². The summed E-state index contributed by atoms with van der Waals surface area (Å²) in [6.07, 6.45) is 0.880. The number of nitro benzene ring substituents is 1. The molecule has 2 heterocycles. The van der Waals surface area contributed by atoms with Crippen LogP contribution in [0.15, 0.2) is 32.8 Å². The highest BCUT2D eigenvalue weighted by Crippen LogP contribution is 2.37. The minimum absolute atomic E-state index is 0. The summed E-state index contributed by atoms with van der Waals surface area (Å²) >= 11 is 2.70. The van der Waals surface area contributed by atoms with E-state index in [0.717, 1.165) is 29.5 Å². The van der Waals surface area contributed by atoms with E-state index in [4.69, 9.17) is 0 Å². The highest BCUT2D eigenvalue weighted by Gasteiger charge is 2.22. The number of nitrogens with one attached hydrogen (secondary N) is 1. The zero-order chi connectivity index (χ0) is 17.8. The maximum Gasteiger partial charge on any atom is 0.284 e. The number of nitrogens with zero attached hydrogens (tertiary/aromatic N) is 3. The molecule has 2 aromatic rings. The molecule has 7 nitrogen and oxygen atoms in total. The third-order valence-corrected chi connectivity index (χ3v) is 5.95. The van der Waals surface area contributed by atoms with E-state index in [-0.39, 0.29) is 24.0 Å². The van der Waals surface area contributed by atoms with Crippen LogP contribution in [0.4, 0.5) is 5.69 Å². The Labute approximate surface area is 165 Å².